The van der Waals surface area contributed by atoms with Crippen LogP contribution in [0.3, 0.4) is 0 Å². The van der Waals surface area contributed by atoms with E-state index >= 15 is 0 Å². The highest BCUT2D eigenvalue weighted by molar-refractivity contribution is 7.80. The molecule has 0 radical (unpaired) electrons. The Morgan fingerprint density at radius 3 is 2.45 bits per heavy atom. The minimum Gasteiger partial charge on any atom is -0.166 e. The van der Waals surface area contributed by atoms with E-state index in [4.69, 9.17) is 0 Å². The SMILES string of the molecule is Cc1ccc(C#CCS)cc1. The van der Waals surface area contributed by atoms with Crippen molar-refractivity contribution in [3.8, 4) is 11.8 Å². The third-order valence-electron chi connectivity index (χ3n) is 1.36. The maximum atomic E-state index is 4.00. The molecule has 1 aromatic carbocycles. The van der Waals surface area contributed by atoms with Gasteiger partial charge in [-0.1, -0.05) is 29.5 Å². The maximum Gasteiger partial charge on any atom is 0.0521 e. The smallest absolute Gasteiger partial charge is 0.0521 e. The van der Waals surface area contributed by atoms with Gasteiger partial charge in [0.15, 0.2) is 0 Å². The van der Waals surface area contributed by atoms with Crippen LogP contribution in [0.25, 0.3) is 0 Å². The van der Waals surface area contributed by atoms with Gasteiger partial charge in [-0.2, -0.15) is 12.6 Å². The van der Waals surface area contributed by atoms with E-state index in [0.717, 1.165) is 5.56 Å². The van der Waals surface area contributed by atoms with E-state index in [1.807, 2.05) is 12.1 Å². The first-order valence-electron chi connectivity index (χ1n) is 3.49. The molecule has 0 fully saturated rings. The fourth-order valence-electron chi connectivity index (χ4n) is 0.778. The summed E-state index contributed by atoms with van der Waals surface area (Å²) >= 11 is 4.00. The summed E-state index contributed by atoms with van der Waals surface area (Å²) in [6, 6.07) is 8.16. The van der Waals surface area contributed by atoms with Crippen LogP contribution in [0.1, 0.15) is 11.1 Å². The van der Waals surface area contributed by atoms with Gasteiger partial charge in [-0.05, 0) is 19.1 Å². The molecule has 0 atom stereocenters. The highest BCUT2D eigenvalue weighted by Crippen LogP contribution is 2.00. The quantitative estimate of drug-likeness (QED) is 0.439. The van der Waals surface area contributed by atoms with Crippen LogP contribution in [0.4, 0.5) is 0 Å². The maximum absolute atomic E-state index is 4.00. The third kappa shape index (κ3) is 2.69. The van der Waals surface area contributed by atoms with Crippen molar-refractivity contribution >= 4 is 12.6 Å². The standard InChI is InChI=1S/C10H10S/c1-9-4-6-10(7-5-9)3-2-8-11/h4-7,11H,8H2,1H3. The Morgan fingerprint density at radius 2 is 1.91 bits per heavy atom. The second kappa shape index (κ2) is 4.10. The zero-order valence-corrected chi connectivity index (χ0v) is 7.36. The molecule has 0 spiro atoms. The Kier molecular flexibility index (Phi) is 3.07. The van der Waals surface area contributed by atoms with E-state index in [2.05, 4.69) is 43.5 Å². The van der Waals surface area contributed by atoms with Crippen LogP contribution in [0.15, 0.2) is 24.3 Å². The number of hydrogen-bond donors (Lipinski definition) is 1. The van der Waals surface area contributed by atoms with Crippen LogP contribution in [0, 0.1) is 18.8 Å². The zero-order chi connectivity index (χ0) is 8.10. The fourth-order valence-corrected chi connectivity index (χ4v) is 0.858. The summed E-state index contributed by atoms with van der Waals surface area (Å²) in [7, 11) is 0. The monoisotopic (exact) mass is 162 g/mol. The van der Waals surface area contributed by atoms with Gasteiger partial charge in [-0.3, -0.25) is 0 Å². The molecule has 0 saturated heterocycles. The number of thiol groups is 1. The topological polar surface area (TPSA) is 0 Å². The molecular weight excluding hydrogens is 152 g/mol. The molecule has 0 amide bonds. The second-order valence-electron chi connectivity index (χ2n) is 2.33. The van der Waals surface area contributed by atoms with Crippen molar-refractivity contribution in [3.63, 3.8) is 0 Å². The van der Waals surface area contributed by atoms with E-state index in [1.165, 1.54) is 5.56 Å². The van der Waals surface area contributed by atoms with Crippen molar-refractivity contribution < 1.29 is 0 Å². The van der Waals surface area contributed by atoms with E-state index < -0.39 is 0 Å². The molecule has 0 saturated carbocycles. The first kappa shape index (κ1) is 8.23. The van der Waals surface area contributed by atoms with E-state index in [-0.39, 0.29) is 0 Å². The Morgan fingerprint density at radius 1 is 1.27 bits per heavy atom. The molecule has 11 heavy (non-hydrogen) atoms. The van der Waals surface area contributed by atoms with Crippen molar-refractivity contribution in [2.24, 2.45) is 0 Å². The van der Waals surface area contributed by atoms with Gasteiger partial charge in [0, 0.05) is 5.56 Å². The van der Waals surface area contributed by atoms with Crippen LogP contribution in [-0.2, 0) is 0 Å². The van der Waals surface area contributed by atoms with Crippen molar-refractivity contribution in [3.05, 3.63) is 35.4 Å². The Hall–Kier alpha value is -0.870. The van der Waals surface area contributed by atoms with Gasteiger partial charge in [0.25, 0.3) is 0 Å². The summed E-state index contributed by atoms with van der Waals surface area (Å²) in [4.78, 5) is 0. The molecule has 0 nitrogen and oxygen atoms in total. The van der Waals surface area contributed by atoms with Gasteiger partial charge in [0.2, 0.25) is 0 Å². The predicted octanol–water partition coefficient (Wildman–Crippen LogP) is 2.28. The molecular formula is C10H10S. The van der Waals surface area contributed by atoms with Gasteiger partial charge in [-0.25, -0.2) is 0 Å². The molecule has 0 N–H and O–H groups in total. The first-order valence-corrected chi connectivity index (χ1v) is 4.12. The lowest BCUT2D eigenvalue weighted by atomic mass is 10.2. The van der Waals surface area contributed by atoms with Gasteiger partial charge >= 0.3 is 0 Å². The summed E-state index contributed by atoms with van der Waals surface area (Å²) in [5.74, 6) is 6.51. The summed E-state index contributed by atoms with van der Waals surface area (Å²) in [6.07, 6.45) is 0. The molecule has 0 aliphatic carbocycles. The molecule has 0 heterocycles. The van der Waals surface area contributed by atoms with Crippen LogP contribution in [0.5, 0.6) is 0 Å². The molecule has 0 unspecified atom stereocenters. The predicted molar refractivity (Wildman–Crippen MR) is 51.9 cm³/mol. The average Bonchev–Trinajstić information content (AvgIpc) is 2.04. The molecule has 0 aromatic heterocycles. The molecule has 1 heteroatoms. The van der Waals surface area contributed by atoms with Crippen LogP contribution in [-0.4, -0.2) is 5.75 Å². The minimum atomic E-state index is 0.619. The fraction of sp³-hybridized carbons (Fsp3) is 0.200. The lowest BCUT2D eigenvalue weighted by Crippen LogP contribution is -1.74. The Labute approximate surface area is 73.0 Å². The summed E-state index contributed by atoms with van der Waals surface area (Å²) in [5.41, 5.74) is 2.33. The van der Waals surface area contributed by atoms with Crippen LogP contribution >= 0.6 is 12.6 Å². The van der Waals surface area contributed by atoms with Crippen molar-refractivity contribution in [1.82, 2.24) is 0 Å². The lowest BCUT2D eigenvalue weighted by molar-refractivity contribution is 1.46. The largest absolute Gasteiger partial charge is 0.166 e. The van der Waals surface area contributed by atoms with E-state index in [9.17, 15) is 0 Å². The highest BCUT2D eigenvalue weighted by Gasteiger charge is 1.83. The van der Waals surface area contributed by atoms with Gasteiger partial charge in [0.1, 0.15) is 0 Å². The number of aryl methyl sites for hydroxylation is 1. The number of benzene rings is 1. The van der Waals surface area contributed by atoms with Gasteiger partial charge < -0.3 is 0 Å². The molecule has 0 aliphatic rings. The molecule has 0 bridgehead atoms. The second-order valence-corrected chi connectivity index (χ2v) is 2.64. The Balaban J connectivity index is 2.82. The summed E-state index contributed by atoms with van der Waals surface area (Å²) in [5, 5.41) is 0. The normalized spacial score (nSPS) is 8.55. The first-order chi connectivity index (χ1) is 5.33. The number of rotatable bonds is 0. The van der Waals surface area contributed by atoms with Crippen LogP contribution in [0.2, 0.25) is 0 Å². The Bertz CT molecular complexity index is 274. The number of hydrogen-bond acceptors (Lipinski definition) is 1. The highest BCUT2D eigenvalue weighted by atomic mass is 32.1. The summed E-state index contributed by atoms with van der Waals surface area (Å²) < 4.78 is 0. The average molecular weight is 162 g/mol. The minimum absolute atomic E-state index is 0.619. The summed E-state index contributed by atoms with van der Waals surface area (Å²) in [6.45, 7) is 2.07. The lowest BCUT2D eigenvalue weighted by Gasteiger charge is -1.90. The van der Waals surface area contributed by atoms with Gasteiger partial charge in [-0.15, -0.1) is 0 Å². The van der Waals surface area contributed by atoms with E-state index in [1.54, 1.807) is 0 Å². The van der Waals surface area contributed by atoms with E-state index in [0.29, 0.717) is 5.75 Å². The molecule has 1 rings (SSSR count). The van der Waals surface area contributed by atoms with Crippen LogP contribution < -0.4 is 0 Å². The molecule has 56 valence electrons. The molecule has 1 aromatic rings. The van der Waals surface area contributed by atoms with Crippen molar-refractivity contribution in [1.29, 1.82) is 0 Å². The van der Waals surface area contributed by atoms with Crippen molar-refractivity contribution in [2.75, 3.05) is 5.75 Å². The van der Waals surface area contributed by atoms with Gasteiger partial charge in [0.05, 0.1) is 5.75 Å². The molecule has 0 aliphatic heterocycles. The third-order valence-corrected chi connectivity index (χ3v) is 1.52. The zero-order valence-electron chi connectivity index (χ0n) is 6.46. The van der Waals surface area contributed by atoms with Crippen molar-refractivity contribution in [2.45, 2.75) is 6.92 Å².